The van der Waals surface area contributed by atoms with Crippen molar-refractivity contribution >= 4 is 28.8 Å². The third-order valence-corrected chi connectivity index (χ3v) is 3.17. The molecule has 84 valence electrons. The number of carbonyl (C=O) groups is 1. The molecule has 1 aromatic heterocycles. The van der Waals surface area contributed by atoms with Gasteiger partial charge in [-0.1, -0.05) is 11.6 Å². The molecule has 1 N–H and O–H groups in total. The Morgan fingerprint density at radius 1 is 1.53 bits per heavy atom. The van der Waals surface area contributed by atoms with Crippen LogP contribution in [0.5, 0.6) is 0 Å². The second-order valence-electron chi connectivity index (χ2n) is 3.42. The summed E-state index contributed by atoms with van der Waals surface area (Å²) >= 11 is 7.36. The van der Waals surface area contributed by atoms with E-state index in [0.29, 0.717) is 13.0 Å². The average Bonchev–Trinajstić information content (AvgIpc) is 2.58. The maximum atomic E-state index is 11.2. The quantitative estimate of drug-likeness (QED) is 0.806. The second-order valence-corrected chi connectivity index (χ2v) is 5.22. The van der Waals surface area contributed by atoms with Gasteiger partial charge in [0.05, 0.1) is 4.34 Å². The predicted octanol–water partition coefficient (Wildman–Crippen LogP) is 1.97. The summed E-state index contributed by atoms with van der Waals surface area (Å²) in [6.45, 7) is 1.48. The number of hydrogen-bond donors (Lipinski definition) is 1. The fourth-order valence-corrected chi connectivity index (χ4v) is 2.13. The fraction of sp³-hybridized carbons (Fsp3) is 0.500. The summed E-state index contributed by atoms with van der Waals surface area (Å²) in [4.78, 5) is 14.0. The minimum absolute atomic E-state index is 0.145. The van der Waals surface area contributed by atoms with E-state index in [0.717, 1.165) is 10.9 Å². The van der Waals surface area contributed by atoms with Crippen LogP contribution in [0.1, 0.15) is 11.3 Å². The van der Waals surface area contributed by atoms with Crippen molar-refractivity contribution in [1.82, 2.24) is 10.2 Å². The van der Waals surface area contributed by atoms with Crippen LogP contribution >= 0.6 is 22.9 Å². The van der Waals surface area contributed by atoms with Gasteiger partial charge >= 0.3 is 0 Å². The molecule has 0 spiro atoms. The zero-order valence-electron chi connectivity index (χ0n) is 8.92. The van der Waals surface area contributed by atoms with Crippen LogP contribution in [-0.2, 0) is 11.3 Å². The van der Waals surface area contributed by atoms with Gasteiger partial charge in [-0.2, -0.15) is 0 Å². The van der Waals surface area contributed by atoms with Crippen molar-refractivity contribution in [3.63, 3.8) is 0 Å². The first-order valence-electron chi connectivity index (χ1n) is 4.74. The fourth-order valence-electron chi connectivity index (χ4n) is 1.08. The number of hydrogen-bond acceptors (Lipinski definition) is 3. The summed E-state index contributed by atoms with van der Waals surface area (Å²) in [5, 5.41) is 3.21. The van der Waals surface area contributed by atoms with E-state index in [1.54, 1.807) is 30.3 Å². The van der Waals surface area contributed by atoms with Crippen molar-refractivity contribution in [3.05, 3.63) is 21.3 Å². The number of thiophene rings is 1. The molecule has 0 unspecified atom stereocenters. The minimum Gasteiger partial charge on any atom is -0.349 e. The lowest BCUT2D eigenvalue weighted by Crippen LogP contribution is -2.26. The number of nitrogens with one attached hydrogen (secondary N) is 1. The van der Waals surface area contributed by atoms with Gasteiger partial charge < -0.3 is 10.2 Å². The lowest BCUT2D eigenvalue weighted by Gasteiger charge is -2.09. The summed E-state index contributed by atoms with van der Waals surface area (Å²) < 4.78 is 0.802. The molecule has 15 heavy (non-hydrogen) atoms. The maximum absolute atomic E-state index is 11.2. The van der Waals surface area contributed by atoms with Crippen molar-refractivity contribution in [1.29, 1.82) is 0 Å². The van der Waals surface area contributed by atoms with Gasteiger partial charge in [-0.3, -0.25) is 4.79 Å². The van der Waals surface area contributed by atoms with E-state index >= 15 is 0 Å². The largest absolute Gasteiger partial charge is 0.349 e. The highest BCUT2D eigenvalue weighted by atomic mass is 35.5. The molecule has 1 amide bonds. The molecule has 1 aromatic rings. The summed E-state index contributed by atoms with van der Waals surface area (Å²) in [7, 11) is 3.53. The molecule has 0 aliphatic carbocycles. The lowest BCUT2D eigenvalue weighted by molar-refractivity contribution is -0.128. The van der Waals surface area contributed by atoms with Crippen molar-refractivity contribution in [2.24, 2.45) is 0 Å². The molecule has 0 saturated heterocycles. The summed E-state index contributed by atoms with van der Waals surface area (Å²) in [5.41, 5.74) is 0. The zero-order chi connectivity index (χ0) is 11.3. The van der Waals surface area contributed by atoms with Crippen LogP contribution in [0, 0.1) is 0 Å². The molecule has 0 radical (unpaired) electrons. The second kappa shape index (κ2) is 6.10. The van der Waals surface area contributed by atoms with Gasteiger partial charge in [0.1, 0.15) is 0 Å². The van der Waals surface area contributed by atoms with E-state index in [2.05, 4.69) is 5.32 Å². The molecule has 3 nitrogen and oxygen atoms in total. The summed E-state index contributed by atoms with van der Waals surface area (Å²) in [5.74, 6) is 0.145. The minimum atomic E-state index is 0.145. The van der Waals surface area contributed by atoms with Crippen LogP contribution in [0.3, 0.4) is 0 Å². The van der Waals surface area contributed by atoms with Crippen LogP contribution in [0.2, 0.25) is 4.34 Å². The Morgan fingerprint density at radius 3 is 2.80 bits per heavy atom. The van der Waals surface area contributed by atoms with E-state index < -0.39 is 0 Å². The summed E-state index contributed by atoms with van der Waals surface area (Å²) in [6.07, 6.45) is 0.534. The molecular weight excluding hydrogens is 232 g/mol. The number of carbonyl (C=O) groups excluding carboxylic acids is 1. The highest BCUT2D eigenvalue weighted by Crippen LogP contribution is 2.20. The molecule has 0 bridgehead atoms. The van der Waals surface area contributed by atoms with Crippen molar-refractivity contribution in [2.75, 3.05) is 20.6 Å². The van der Waals surface area contributed by atoms with E-state index in [1.165, 1.54) is 4.88 Å². The van der Waals surface area contributed by atoms with Crippen LogP contribution in [0.25, 0.3) is 0 Å². The Hall–Kier alpha value is -0.580. The molecule has 0 aliphatic rings. The molecule has 5 heteroatoms. The van der Waals surface area contributed by atoms with Gasteiger partial charge in [-0.25, -0.2) is 0 Å². The van der Waals surface area contributed by atoms with Gasteiger partial charge in [0.25, 0.3) is 0 Å². The molecule has 1 heterocycles. The highest BCUT2D eigenvalue weighted by molar-refractivity contribution is 7.16. The van der Waals surface area contributed by atoms with Crippen molar-refractivity contribution < 1.29 is 4.79 Å². The molecule has 0 aromatic carbocycles. The Balaban J connectivity index is 2.15. The van der Waals surface area contributed by atoms with Gasteiger partial charge in [-0.15, -0.1) is 11.3 Å². The number of rotatable bonds is 5. The molecular formula is C10H15ClN2OS. The Bertz CT molecular complexity index is 325. The lowest BCUT2D eigenvalue weighted by atomic mass is 10.3. The van der Waals surface area contributed by atoms with Gasteiger partial charge in [0.15, 0.2) is 0 Å². The number of amides is 1. The smallest absolute Gasteiger partial charge is 0.223 e. The monoisotopic (exact) mass is 246 g/mol. The third kappa shape index (κ3) is 4.64. The van der Waals surface area contributed by atoms with E-state index in [-0.39, 0.29) is 5.91 Å². The first kappa shape index (κ1) is 12.5. The molecule has 0 fully saturated rings. The average molecular weight is 247 g/mol. The van der Waals surface area contributed by atoms with Crippen LogP contribution in [0.4, 0.5) is 0 Å². The van der Waals surface area contributed by atoms with E-state index in [1.807, 2.05) is 12.1 Å². The normalized spacial score (nSPS) is 10.3. The first-order chi connectivity index (χ1) is 7.09. The summed E-state index contributed by atoms with van der Waals surface area (Å²) in [6, 6.07) is 3.88. The highest BCUT2D eigenvalue weighted by Gasteiger charge is 2.03. The van der Waals surface area contributed by atoms with E-state index in [4.69, 9.17) is 11.6 Å². The Kier molecular flexibility index (Phi) is 5.08. The zero-order valence-corrected chi connectivity index (χ0v) is 10.5. The van der Waals surface area contributed by atoms with Crippen LogP contribution < -0.4 is 5.32 Å². The van der Waals surface area contributed by atoms with Crippen LogP contribution in [-0.4, -0.2) is 31.4 Å². The van der Waals surface area contributed by atoms with Crippen LogP contribution in [0.15, 0.2) is 12.1 Å². The maximum Gasteiger partial charge on any atom is 0.223 e. The predicted molar refractivity (Wildman–Crippen MR) is 64.3 cm³/mol. The Morgan fingerprint density at radius 2 is 2.27 bits per heavy atom. The van der Waals surface area contributed by atoms with Gasteiger partial charge in [-0.05, 0) is 12.1 Å². The standard InChI is InChI=1S/C10H15ClN2OS/c1-13(2)10(14)5-6-12-7-8-3-4-9(11)15-8/h3-4,12H,5-7H2,1-2H3. The first-order valence-corrected chi connectivity index (χ1v) is 5.94. The molecule has 0 saturated carbocycles. The number of nitrogens with zero attached hydrogens (tertiary/aromatic N) is 1. The molecule has 0 atom stereocenters. The van der Waals surface area contributed by atoms with E-state index in [9.17, 15) is 4.79 Å². The SMILES string of the molecule is CN(C)C(=O)CCNCc1ccc(Cl)s1. The number of halogens is 1. The van der Waals surface area contributed by atoms with Gasteiger partial charge in [0.2, 0.25) is 5.91 Å². The Labute approximate surface area is 99.0 Å². The molecule has 1 rings (SSSR count). The third-order valence-electron chi connectivity index (χ3n) is 1.94. The molecule has 0 aliphatic heterocycles. The van der Waals surface area contributed by atoms with Crippen molar-refractivity contribution in [3.8, 4) is 0 Å². The topological polar surface area (TPSA) is 32.3 Å². The van der Waals surface area contributed by atoms with Gasteiger partial charge in [0, 0.05) is 38.5 Å². The van der Waals surface area contributed by atoms with Crippen molar-refractivity contribution in [2.45, 2.75) is 13.0 Å².